The van der Waals surface area contributed by atoms with Crippen LogP contribution in [0.2, 0.25) is 0 Å². The minimum absolute atomic E-state index is 0.255. The first-order valence-electron chi connectivity index (χ1n) is 3.33. The topological polar surface area (TPSA) is 43.4 Å². The molecule has 0 aliphatic rings. The molecule has 0 aliphatic heterocycles. The Morgan fingerprint density at radius 1 is 1.70 bits per heavy atom. The third kappa shape index (κ3) is 4.06. The van der Waals surface area contributed by atoms with Crippen LogP contribution in [0.4, 0.5) is 0 Å². The molecule has 0 aromatic heterocycles. The quantitative estimate of drug-likeness (QED) is 0.435. The number of hydrogen-bond donors (Lipinski definition) is 0. The van der Waals surface area contributed by atoms with Crippen molar-refractivity contribution >= 4 is 12.3 Å². The van der Waals surface area contributed by atoms with Crippen LogP contribution < -0.4 is 0 Å². The van der Waals surface area contributed by atoms with E-state index < -0.39 is 0 Å². The molecule has 0 fully saturated rings. The maximum atomic E-state index is 10.6. The molecule has 0 saturated carbocycles. The summed E-state index contributed by atoms with van der Waals surface area (Å²) in [5.41, 5.74) is 0. The summed E-state index contributed by atoms with van der Waals surface area (Å²) in [6.07, 6.45) is 1.12. The molecular formula is C7H12O3. The van der Waals surface area contributed by atoms with Crippen LogP contribution in [0, 0.1) is 0 Å². The normalized spacial score (nSPS) is 12.2. The predicted octanol–water partition coefficient (Wildman–Crippen LogP) is 0.917. The first kappa shape index (κ1) is 9.14. The molecule has 3 nitrogen and oxygen atoms in total. The summed E-state index contributed by atoms with van der Waals surface area (Å²) in [6, 6.07) is 0. The van der Waals surface area contributed by atoms with Crippen molar-refractivity contribution in [1.82, 2.24) is 0 Å². The number of ether oxygens (including phenoxy) is 1. The molecule has 1 atom stereocenters. The molecular weight excluding hydrogens is 132 g/mol. The van der Waals surface area contributed by atoms with Crippen molar-refractivity contribution < 1.29 is 14.3 Å². The molecule has 0 spiro atoms. The molecule has 0 saturated heterocycles. The van der Waals surface area contributed by atoms with Gasteiger partial charge in [-0.05, 0) is 6.92 Å². The van der Waals surface area contributed by atoms with E-state index in [4.69, 9.17) is 4.74 Å². The van der Waals surface area contributed by atoms with Gasteiger partial charge in [0.15, 0.2) is 0 Å². The van der Waals surface area contributed by atoms with Crippen LogP contribution in [0.15, 0.2) is 0 Å². The molecule has 0 aliphatic carbocycles. The summed E-state index contributed by atoms with van der Waals surface area (Å²) in [4.78, 5) is 20.5. The molecule has 0 unspecified atom stereocenters. The van der Waals surface area contributed by atoms with Crippen molar-refractivity contribution in [2.75, 3.05) is 0 Å². The third-order valence-corrected chi connectivity index (χ3v) is 1.05. The van der Waals surface area contributed by atoms with Gasteiger partial charge in [0.25, 0.3) is 0 Å². The van der Waals surface area contributed by atoms with Gasteiger partial charge in [-0.1, -0.05) is 6.92 Å². The molecule has 58 valence electrons. The highest BCUT2D eigenvalue weighted by Gasteiger charge is 2.05. The summed E-state index contributed by atoms with van der Waals surface area (Å²) in [5.74, 6) is -0.255. The van der Waals surface area contributed by atoms with Crippen LogP contribution in [0.3, 0.4) is 0 Å². The minimum Gasteiger partial charge on any atom is -0.462 e. The Hall–Kier alpha value is -0.860. The van der Waals surface area contributed by atoms with Gasteiger partial charge < -0.3 is 9.53 Å². The van der Waals surface area contributed by atoms with E-state index in [0.29, 0.717) is 6.42 Å². The molecule has 0 heterocycles. The van der Waals surface area contributed by atoms with E-state index in [-0.39, 0.29) is 18.5 Å². The number of carbonyl (C=O) groups is 2. The Balaban J connectivity index is 3.46. The lowest BCUT2D eigenvalue weighted by Gasteiger charge is -2.07. The van der Waals surface area contributed by atoms with Gasteiger partial charge in [0.05, 0.1) is 0 Å². The van der Waals surface area contributed by atoms with Crippen LogP contribution >= 0.6 is 0 Å². The van der Waals surface area contributed by atoms with Gasteiger partial charge in [-0.3, -0.25) is 4.79 Å². The number of rotatable bonds is 4. The lowest BCUT2D eigenvalue weighted by atomic mass is 10.3. The average molecular weight is 144 g/mol. The first-order valence-corrected chi connectivity index (χ1v) is 3.33. The zero-order valence-corrected chi connectivity index (χ0v) is 6.29. The molecule has 0 radical (unpaired) electrons. The minimum atomic E-state index is -0.273. The standard InChI is InChI=1S/C7H12O3/c1-3-7(9)10-6(2)4-5-8/h5-6H,3-4H2,1-2H3/t6-/m1/s1. The zero-order chi connectivity index (χ0) is 7.98. The third-order valence-electron chi connectivity index (χ3n) is 1.05. The van der Waals surface area contributed by atoms with Crippen molar-refractivity contribution in [2.45, 2.75) is 32.8 Å². The van der Waals surface area contributed by atoms with Crippen LogP contribution in [0.1, 0.15) is 26.7 Å². The second-order valence-electron chi connectivity index (χ2n) is 2.06. The Bertz CT molecular complexity index is 120. The van der Waals surface area contributed by atoms with Crippen LogP contribution in [-0.4, -0.2) is 18.4 Å². The number of hydrogen-bond acceptors (Lipinski definition) is 3. The maximum Gasteiger partial charge on any atom is 0.305 e. The largest absolute Gasteiger partial charge is 0.462 e. The molecule has 0 aromatic rings. The summed E-state index contributed by atoms with van der Waals surface area (Å²) in [5, 5.41) is 0. The average Bonchev–Trinajstić information content (AvgIpc) is 1.88. The molecule has 0 bridgehead atoms. The summed E-state index contributed by atoms with van der Waals surface area (Å²) in [7, 11) is 0. The van der Waals surface area contributed by atoms with E-state index >= 15 is 0 Å². The highest BCUT2D eigenvalue weighted by molar-refractivity contribution is 5.69. The van der Waals surface area contributed by atoms with Gasteiger partial charge in [-0.15, -0.1) is 0 Å². The summed E-state index contributed by atoms with van der Waals surface area (Å²) >= 11 is 0. The van der Waals surface area contributed by atoms with Crippen LogP contribution in [0.25, 0.3) is 0 Å². The van der Waals surface area contributed by atoms with Gasteiger partial charge in [-0.25, -0.2) is 0 Å². The molecule has 0 rings (SSSR count). The fourth-order valence-corrected chi connectivity index (χ4v) is 0.491. The van der Waals surface area contributed by atoms with Gasteiger partial charge in [-0.2, -0.15) is 0 Å². The number of aldehydes is 1. The maximum absolute atomic E-state index is 10.6. The van der Waals surface area contributed by atoms with Crippen LogP contribution in [-0.2, 0) is 14.3 Å². The van der Waals surface area contributed by atoms with Gasteiger partial charge in [0.1, 0.15) is 12.4 Å². The Morgan fingerprint density at radius 3 is 2.70 bits per heavy atom. The highest BCUT2D eigenvalue weighted by atomic mass is 16.5. The second kappa shape index (κ2) is 4.97. The lowest BCUT2D eigenvalue weighted by molar-refractivity contribution is -0.148. The zero-order valence-electron chi connectivity index (χ0n) is 6.29. The van der Waals surface area contributed by atoms with Crippen molar-refractivity contribution in [2.24, 2.45) is 0 Å². The SMILES string of the molecule is CCC(=O)O[C@H](C)CC=O. The number of carbonyl (C=O) groups excluding carboxylic acids is 2. The van der Waals surface area contributed by atoms with Crippen molar-refractivity contribution in [3.63, 3.8) is 0 Å². The lowest BCUT2D eigenvalue weighted by Crippen LogP contribution is -2.13. The molecule has 0 N–H and O–H groups in total. The molecule has 3 heteroatoms. The first-order chi connectivity index (χ1) is 4.70. The molecule has 0 aromatic carbocycles. The molecule has 10 heavy (non-hydrogen) atoms. The van der Waals surface area contributed by atoms with Gasteiger partial charge in [0, 0.05) is 12.8 Å². The predicted molar refractivity (Wildman–Crippen MR) is 36.5 cm³/mol. The Labute approximate surface area is 60.4 Å². The Morgan fingerprint density at radius 2 is 2.30 bits per heavy atom. The van der Waals surface area contributed by atoms with Crippen molar-refractivity contribution in [1.29, 1.82) is 0 Å². The fraction of sp³-hybridized carbons (Fsp3) is 0.714. The number of esters is 1. The smallest absolute Gasteiger partial charge is 0.305 e. The molecule has 0 amide bonds. The van der Waals surface area contributed by atoms with E-state index in [0.717, 1.165) is 6.29 Å². The van der Waals surface area contributed by atoms with Crippen molar-refractivity contribution in [3.05, 3.63) is 0 Å². The summed E-state index contributed by atoms with van der Waals surface area (Å²) < 4.78 is 4.77. The van der Waals surface area contributed by atoms with E-state index in [1.165, 1.54) is 0 Å². The Kier molecular flexibility index (Phi) is 4.54. The van der Waals surface area contributed by atoms with Crippen molar-refractivity contribution in [3.8, 4) is 0 Å². The van der Waals surface area contributed by atoms with Crippen LogP contribution in [0.5, 0.6) is 0 Å². The van der Waals surface area contributed by atoms with E-state index in [9.17, 15) is 9.59 Å². The summed E-state index contributed by atoms with van der Waals surface area (Å²) in [6.45, 7) is 3.41. The van der Waals surface area contributed by atoms with Gasteiger partial charge >= 0.3 is 5.97 Å². The van der Waals surface area contributed by atoms with E-state index in [2.05, 4.69) is 0 Å². The van der Waals surface area contributed by atoms with E-state index in [1.807, 2.05) is 0 Å². The second-order valence-corrected chi connectivity index (χ2v) is 2.06. The van der Waals surface area contributed by atoms with E-state index in [1.54, 1.807) is 13.8 Å². The monoisotopic (exact) mass is 144 g/mol. The van der Waals surface area contributed by atoms with Gasteiger partial charge in [0.2, 0.25) is 0 Å². The fourth-order valence-electron chi connectivity index (χ4n) is 0.491. The highest BCUT2D eigenvalue weighted by Crippen LogP contribution is 1.96.